The maximum absolute atomic E-state index is 12.1. The Hall–Kier alpha value is -2.14. The largest absolute Gasteiger partial charge is 0.497 e. The standard InChI is InChI=1S/C21H28N2O2S/c1-15-14-18(26-21(2,3)4)10-11-19(15)23-20(24)22-13-12-16-6-8-17(25-5)9-7-16/h6-11,14H,12-13H2,1-5H3,(H2,22,23,24). The maximum atomic E-state index is 12.1. The van der Waals surface area contributed by atoms with Crippen molar-refractivity contribution in [1.82, 2.24) is 5.32 Å². The van der Waals surface area contributed by atoms with Crippen LogP contribution in [0.15, 0.2) is 47.4 Å². The van der Waals surface area contributed by atoms with E-state index >= 15 is 0 Å². The summed E-state index contributed by atoms with van der Waals surface area (Å²) >= 11 is 1.82. The minimum absolute atomic E-state index is 0.167. The Morgan fingerprint density at radius 2 is 1.81 bits per heavy atom. The number of hydrogen-bond acceptors (Lipinski definition) is 3. The van der Waals surface area contributed by atoms with Crippen molar-refractivity contribution in [3.8, 4) is 5.75 Å². The Kier molecular flexibility index (Phi) is 6.98. The van der Waals surface area contributed by atoms with E-state index < -0.39 is 0 Å². The highest BCUT2D eigenvalue weighted by atomic mass is 32.2. The van der Waals surface area contributed by atoms with Crippen molar-refractivity contribution >= 4 is 23.5 Å². The molecular formula is C21H28N2O2S. The fraction of sp³-hybridized carbons (Fsp3) is 0.381. The zero-order valence-corrected chi connectivity index (χ0v) is 17.0. The molecule has 2 amide bonds. The Balaban J connectivity index is 1.83. The number of carbonyl (C=O) groups excluding carboxylic acids is 1. The Labute approximate surface area is 160 Å². The van der Waals surface area contributed by atoms with Crippen LogP contribution in [-0.2, 0) is 6.42 Å². The second-order valence-corrected chi connectivity index (χ2v) is 9.07. The maximum Gasteiger partial charge on any atom is 0.319 e. The van der Waals surface area contributed by atoms with Crippen molar-refractivity contribution in [2.75, 3.05) is 19.0 Å². The van der Waals surface area contributed by atoms with Crippen molar-refractivity contribution in [1.29, 1.82) is 0 Å². The molecule has 2 aromatic carbocycles. The van der Waals surface area contributed by atoms with Gasteiger partial charge in [-0.3, -0.25) is 0 Å². The molecule has 0 aliphatic heterocycles. The Morgan fingerprint density at radius 1 is 1.12 bits per heavy atom. The minimum Gasteiger partial charge on any atom is -0.497 e. The number of benzene rings is 2. The van der Waals surface area contributed by atoms with Gasteiger partial charge in [-0.05, 0) is 54.8 Å². The number of amides is 2. The number of nitrogens with one attached hydrogen (secondary N) is 2. The van der Waals surface area contributed by atoms with E-state index in [1.54, 1.807) is 7.11 Å². The van der Waals surface area contributed by atoms with E-state index in [0.717, 1.165) is 29.0 Å². The Morgan fingerprint density at radius 3 is 2.38 bits per heavy atom. The van der Waals surface area contributed by atoms with Crippen LogP contribution in [0.5, 0.6) is 5.75 Å². The molecule has 0 aromatic heterocycles. The van der Waals surface area contributed by atoms with Gasteiger partial charge in [0.25, 0.3) is 0 Å². The average Bonchev–Trinajstić information content (AvgIpc) is 2.56. The van der Waals surface area contributed by atoms with Gasteiger partial charge in [-0.2, -0.15) is 0 Å². The first-order valence-electron chi connectivity index (χ1n) is 8.74. The molecule has 140 valence electrons. The van der Waals surface area contributed by atoms with Crippen LogP contribution < -0.4 is 15.4 Å². The number of urea groups is 1. The van der Waals surface area contributed by atoms with Gasteiger partial charge >= 0.3 is 6.03 Å². The number of hydrogen-bond donors (Lipinski definition) is 2. The topological polar surface area (TPSA) is 50.4 Å². The molecule has 0 heterocycles. The molecule has 2 N–H and O–H groups in total. The molecule has 0 fully saturated rings. The van der Waals surface area contributed by atoms with Crippen LogP contribution in [-0.4, -0.2) is 24.4 Å². The normalized spacial score (nSPS) is 11.1. The highest BCUT2D eigenvalue weighted by Crippen LogP contribution is 2.33. The van der Waals surface area contributed by atoms with Crippen LogP contribution in [0.4, 0.5) is 10.5 Å². The van der Waals surface area contributed by atoms with Gasteiger partial charge < -0.3 is 15.4 Å². The quantitative estimate of drug-likeness (QED) is 0.680. The summed E-state index contributed by atoms with van der Waals surface area (Å²) in [5.41, 5.74) is 3.06. The molecule has 0 saturated carbocycles. The van der Waals surface area contributed by atoms with Crippen LogP contribution in [0.1, 0.15) is 31.9 Å². The predicted molar refractivity (Wildman–Crippen MR) is 111 cm³/mol. The molecule has 0 aliphatic carbocycles. The van der Waals surface area contributed by atoms with E-state index in [4.69, 9.17) is 4.74 Å². The fourth-order valence-corrected chi connectivity index (χ4v) is 3.55. The predicted octanol–water partition coefficient (Wildman–Crippen LogP) is 5.26. The number of rotatable bonds is 6. The number of aryl methyl sites for hydroxylation is 1. The van der Waals surface area contributed by atoms with E-state index in [9.17, 15) is 4.79 Å². The molecule has 0 spiro atoms. The highest BCUT2D eigenvalue weighted by Gasteiger charge is 2.13. The first-order chi connectivity index (χ1) is 12.3. The molecule has 0 radical (unpaired) electrons. The lowest BCUT2D eigenvalue weighted by Gasteiger charge is -2.18. The van der Waals surface area contributed by atoms with E-state index in [0.29, 0.717) is 6.54 Å². The average molecular weight is 373 g/mol. The van der Waals surface area contributed by atoms with Crippen molar-refractivity contribution in [3.05, 3.63) is 53.6 Å². The van der Waals surface area contributed by atoms with E-state index in [1.165, 1.54) is 4.90 Å². The lowest BCUT2D eigenvalue weighted by molar-refractivity contribution is 0.252. The summed E-state index contributed by atoms with van der Waals surface area (Å²) in [6, 6.07) is 13.8. The number of carbonyl (C=O) groups is 1. The zero-order chi connectivity index (χ0) is 19.2. The second-order valence-electron chi connectivity index (χ2n) is 7.17. The number of anilines is 1. The van der Waals surface area contributed by atoms with Crippen LogP contribution in [0.25, 0.3) is 0 Å². The number of thioether (sulfide) groups is 1. The molecule has 5 heteroatoms. The molecular weight excluding hydrogens is 344 g/mol. The van der Waals surface area contributed by atoms with Crippen LogP contribution in [0, 0.1) is 6.92 Å². The lowest BCUT2D eigenvalue weighted by atomic mass is 10.1. The van der Waals surface area contributed by atoms with Gasteiger partial charge in [0, 0.05) is 21.9 Å². The molecule has 0 unspecified atom stereocenters. The molecule has 0 saturated heterocycles. The summed E-state index contributed by atoms with van der Waals surface area (Å²) in [6.07, 6.45) is 0.775. The SMILES string of the molecule is COc1ccc(CCNC(=O)Nc2ccc(SC(C)(C)C)cc2C)cc1. The first kappa shape index (κ1) is 20.2. The van der Waals surface area contributed by atoms with Crippen molar-refractivity contribution < 1.29 is 9.53 Å². The van der Waals surface area contributed by atoms with Gasteiger partial charge in [0.15, 0.2) is 0 Å². The zero-order valence-electron chi connectivity index (χ0n) is 16.2. The molecule has 0 bridgehead atoms. The van der Waals surface area contributed by atoms with Gasteiger partial charge in [0.2, 0.25) is 0 Å². The van der Waals surface area contributed by atoms with Gasteiger partial charge in [0.05, 0.1) is 7.11 Å². The van der Waals surface area contributed by atoms with Crippen molar-refractivity contribution in [2.45, 2.75) is 43.8 Å². The molecule has 2 rings (SSSR count). The monoisotopic (exact) mass is 372 g/mol. The van der Waals surface area contributed by atoms with Crippen LogP contribution in [0.3, 0.4) is 0 Å². The van der Waals surface area contributed by atoms with Crippen molar-refractivity contribution in [2.24, 2.45) is 0 Å². The molecule has 0 atom stereocenters. The number of methoxy groups -OCH3 is 1. The summed E-state index contributed by atoms with van der Waals surface area (Å²) in [4.78, 5) is 13.3. The summed E-state index contributed by atoms with van der Waals surface area (Å²) in [5, 5.41) is 5.83. The smallest absolute Gasteiger partial charge is 0.319 e. The fourth-order valence-electron chi connectivity index (χ4n) is 2.47. The molecule has 4 nitrogen and oxygen atoms in total. The summed E-state index contributed by atoms with van der Waals surface area (Å²) in [7, 11) is 1.65. The summed E-state index contributed by atoms with van der Waals surface area (Å²) in [5.74, 6) is 0.836. The van der Waals surface area contributed by atoms with Crippen LogP contribution >= 0.6 is 11.8 Å². The second kappa shape index (κ2) is 8.99. The third-order valence-electron chi connectivity index (χ3n) is 3.73. The summed E-state index contributed by atoms with van der Waals surface area (Å²) in [6.45, 7) is 9.16. The lowest BCUT2D eigenvalue weighted by Crippen LogP contribution is -2.30. The third-order valence-corrected chi connectivity index (χ3v) is 4.83. The third kappa shape index (κ3) is 6.64. The minimum atomic E-state index is -0.183. The van der Waals surface area contributed by atoms with Crippen molar-refractivity contribution in [3.63, 3.8) is 0 Å². The Bertz CT molecular complexity index is 737. The van der Waals surface area contributed by atoms with Gasteiger partial charge in [0.1, 0.15) is 5.75 Å². The van der Waals surface area contributed by atoms with Crippen LogP contribution in [0.2, 0.25) is 0 Å². The molecule has 26 heavy (non-hydrogen) atoms. The van der Waals surface area contributed by atoms with Gasteiger partial charge in [-0.15, -0.1) is 11.8 Å². The number of ether oxygens (including phenoxy) is 1. The van der Waals surface area contributed by atoms with E-state index in [2.05, 4.69) is 43.5 Å². The van der Waals surface area contributed by atoms with E-state index in [1.807, 2.05) is 49.0 Å². The summed E-state index contributed by atoms with van der Waals surface area (Å²) < 4.78 is 5.31. The van der Waals surface area contributed by atoms with E-state index in [-0.39, 0.29) is 10.8 Å². The molecule has 0 aliphatic rings. The highest BCUT2D eigenvalue weighted by molar-refractivity contribution is 8.00. The molecule has 2 aromatic rings. The van der Waals surface area contributed by atoms with Gasteiger partial charge in [-0.25, -0.2) is 4.79 Å². The first-order valence-corrected chi connectivity index (χ1v) is 9.56. The van der Waals surface area contributed by atoms with Gasteiger partial charge in [-0.1, -0.05) is 32.9 Å².